The molecule has 0 radical (unpaired) electrons. The normalized spacial score (nSPS) is 25.3. The van der Waals surface area contributed by atoms with E-state index in [4.69, 9.17) is 4.74 Å². The third-order valence-corrected chi connectivity index (χ3v) is 5.47. The Kier molecular flexibility index (Phi) is 4.13. The fraction of sp³-hybridized carbons (Fsp3) is 0.227. The SMILES string of the molecule is C[N+]1(c2ccccc2)CCC(Oc2cccc3ccccc23)[C@H]1C(=O)O. The fourth-order valence-corrected chi connectivity index (χ4v) is 4.11. The Bertz CT molecular complexity index is 935. The van der Waals surface area contributed by atoms with Gasteiger partial charge in [0.2, 0.25) is 6.04 Å². The lowest BCUT2D eigenvalue weighted by molar-refractivity contribution is -0.143. The number of quaternary nitrogens is 1. The smallest absolute Gasteiger partial charge is 0.367 e. The molecule has 1 fully saturated rings. The van der Waals surface area contributed by atoms with Crippen molar-refractivity contribution in [3.63, 3.8) is 0 Å². The quantitative estimate of drug-likeness (QED) is 0.723. The number of carboxylic acid groups (broad SMARTS) is 1. The molecule has 4 nitrogen and oxygen atoms in total. The van der Waals surface area contributed by atoms with Gasteiger partial charge in [-0.15, -0.1) is 0 Å². The van der Waals surface area contributed by atoms with E-state index in [9.17, 15) is 9.90 Å². The van der Waals surface area contributed by atoms with E-state index < -0.39 is 12.0 Å². The van der Waals surface area contributed by atoms with Gasteiger partial charge >= 0.3 is 5.97 Å². The molecule has 1 heterocycles. The Labute approximate surface area is 152 Å². The van der Waals surface area contributed by atoms with Crippen LogP contribution in [0.15, 0.2) is 72.8 Å². The molecule has 4 heteroatoms. The van der Waals surface area contributed by atoms with Crippen LogP contribution >= 0.6 is 0 Å². The summed E-state index contributed by atoms with van der Waals surface area (Å²) in [5.41, 5.74) is 1.00. The molecule has 4 rings (SSSR count). The number of fused-ring (bicyclic) bond motifs is 1. The summed E-state index contributed by atoms with van der Waals surface area (Å²) in [5.74, 6) is -0.0695. The number of carboxylic acids is 1. The minimum Gasteiger partial charge on any atom is -0.483 e. The lowest BCUT2D eigenvalue weighted by Crippen LogP contribution is -2.57. The second-order valence-corrected chi connectivity index (χ2v) is 7.03. The van der Waals surface area contributed by atoms with Crippen LogP contribution in [0.4, 0.5) is 5.69 Å². The van der Waals surface area contributed by atoms with E-state index in [2.05, 4.69) is 0 Å². The Hall–Kier alpha value is -2.85. The highest BCUT2D eigenvalue weighted by atomic mass is 16.5. The van der Waals surface area contributed by atoms with Crippen LogP contribution in [-0.4, -0.2) is 36.8 Å². The minimum absolute atomic E-state index is 0.353. The Balaban J connectivity index is 1.70. The van der Waals surface area contributed by atoms with Gasteiger partial charge < -0.3 is 9.84 Å². The topological polar surface area (TPSA) is 46.5 Å². The highest BCUT2D eigenvalue weighted by Crippen LogP contribution is 2.36. The zero-order chi connectivity index (χ0) is 18.1. The van der Waals surface area contributed by atoms with Crippen LogP contribution in [-0.2, 0) is 4.79 Å². The van der Waals surface area contributed by atoms with Gasteiger partial charge in [0.25, 0.3) is 0 Å². The number of likely N-dealkylation sites (tertiary alicyclic amines) is 1. The van der Waals surface area contributed by atoms with Crippen LogP contribution in [0.2, 0.25) is 0 Å². The molecule has 1 aliphatic heterocycles. The summed E-state index contributed by atoms with van der Waals surface area (Å²) < 4.78 is 6.64. The molecule has 0 aromatic heterocycles. The van der Waals surface area contributed by atoms with Gasteiger partial charge in [0.05, 0.1) is 13.6 Å². The first-order valence-corrected chi connectivity index (χ1v) is 8.88. The molecule has 2 unspecified atom stereocenters. The average molecular weight is 348 g/mol. The number of likely N-dealkylation sites (N-methyl/N-ethyl adjacent to an activating group) is 1. The lowest BCUT2D eigenvalue weighted by atomic mass is 10.1. The van der Waals surface area contributed by atoms with Crippen molar-refractivity contribution in [3.8, 4) is 5.75 Å². The van der Waals surface area contributed by atoms with Gasteiger partial charge in [-0.05, 0) is 23.6 Å². The van der Waals surface area contributed by atoms with E-state index in [-0.39, 0.29) is 6.10 Å². The maximum Gasteiger partial charge on any atom is 0.367 e. The molecule has 3 aromatic rings. The number of nitrogens with zero attached hydrogens (tertiary/aromatic N) is 1. The molecule has 0 spiro atoms. The Morgan fingerprint density at radius 1 is 1.00 bits per heavy atom. The summed E-state index contributed by atoms with van der Waals surface area (Å²) in [7, 11) is 1.99. The van der Waals surface area contributed by atoms with Gasteiger partial charge in [-0.25, -0.2) is 4.79 Å². The number of benzene rings is 3. The summed E-state index contributed by atoms with van der Waals surface area (Å²) >= 11 is 0. The van der Waals surface area contributed by atoms with Crippen molar-refractivity contribution in [3.05, 3.63) is 72.8 Å². The van der Waals surface area contributed by atoms with Crippen molar-refractivity contribution in [2.45, 2.75) is 18.6 Å². The maximum atomic E-state index is 12.2. The molecule has 3 aromatic carbocycles. The minimum atomic E-state index is -0.820. The van der Waals surface area contributed by atoms with Gasteiger partial charge in [-0.1, -0.05) is 54.6 Å². The number of hydrogen-bond acceptors (Lipinski definition) is 2. The monoisotopic (exact) mass is 348 g/mol. The second kappa shape index (κ2) is 6.46. The number of para-hydroxylation sites is 1. The van der Waals surface area contributed by atoms with Crippen molar-refractivity contribution in [2.75, 3.05) is 13.6 Å². The first-order chi connectivity index (χ1) is 12.6. The third kappa shape index (κ3) is 2.72. The van der Waals surface area contributed by atoms with E-state index in [1.54, 1.807) is 0 Å². The van der Waals surface area contributed by atoms with E-state index in [0.29, 0.717) is 10.9 Å². The Morgan fingerprint density at radius 2 is 1.69 bits per heavy atom. The van der Waals surface area contributed by atoms with Crippen LogP contribution in [0.1, 0.15) is 6.42 Å². The summed E-state index contributed by atoms with van der Waals surface area (Å²) in [6, 6.07) is 23.1. The molecule has 3 atom stereocenters. The summed E-state index contributed by atoms with van der Waals surface area (Å²) in [6.07, 6.45) is 0.328. The van der Waals surface area contributed by atoms with E-state index in [1.165, 1.54) is 0 Å². The van der Waals surface area contributed by atoms with Crippen molar-refractivity contribution in [2.24, 2.45) is 0 Å². The standard InChI is InChI=1S/C22H21NO3/c1-23(17-10-3-2-4-11-17)15-14-20(21(23)22(24)25)26-19-13-7-9-16-8-5-6-12-18(16)19/h2-13,20-21H,14-15H2,1H3/p+1/t20?,21-,23?/m0/s1. The first-order valence-electron chi connectivity index (χ1n) is 8.88. The average Bonchev–Trinajstić information content (AvgIpc) is 3.00. The highest BCUT2D eigenvalue weighted by Gasteiger charge is 2.53. The molecule has 1 aliphatic rings. The lowest BCUT2D eigenvalue weighted by Gasteiger charge is -2.34. The summed E-state index contributed by atoms with van der Waals surface area (Å²) in [5, 5.41) is 12.1. The number of ether oxygens (including phenoxy) is 1. The van der Waals surface area contributed by atoms with Crippen molar-refractivity contribution in [1.82, 2.24) is 4.48 Å². The molecule has 1 N–H and O–H groups in total. The first kappa shape index (κ1) is 16.6. The molecule has 132 valence electrons. The van der Waals surface area contributed by atoms with Crippen LogP contribution in [0.3, 0.4) is 0 Å². The second-order valence-electron chi connectivity index (χ2n) is 7.03. The number of hydrogen-bond donors (Lipinski definition) is 1. The van der Waals surface area contributed by atoms with E-state index in [0.717, 1.165) is 28.8 Å². The molecule has 0 bridgehead atoms. The van der Waals surface area contributed by atoms with Crippen LogP contribution in [0.5, 0.6) is 5.75 Å². The number of carbonyl (C=O) groups is 1. The van der Waals surface area contributed by atoms with Crippen molar-refractivity contribution < 1.29 is 14.6 Å². The number of rotatable bonds is 4. The van der Waals surface area contributed by atoms with Crippen LogP contribution in [0.25, 0.3) is 10.8 Å². The largest absolute Gasteiger partial charge is 0.483 e. The molecule has 26 heavy (non-hydrogen) atoms. The van der Waals surface area contributed by atoms with Crippen molar-refractivity contribution >= 4 is 22.4 Å². The molecular weight excluding hydrogens is 326 g/mol. The van der Waals surface area contributed by atoms with Crippen LogP contribution in [0, 0.1) is 0 Å². The fourth-order valence-electron chi connectivity index (χ4n) is 4.11. The van der Waals surface area contributed by atoms with Crippen molar-refractivity contribution in [1.29, 1.82) is 0 Å². The summed E-state index contributed by atoms with van der Waals surface area (Å²) in [4.78, 5) is 12.2. The molecular formula is C22H22NO3+. The zero-order valence-electron chi connectivity index (χ0n) is 14.7. The number of aliphatic carboxylic acids is 1. The van der Waals surface area contributed by atoms with E-state index >= 15 is 0 Å². The maximum absolute atomic E-state index is 12.2. The summed E-state index contributed by atoms with van der Waals surface area (Å²) in [6.45, 7) is 0.733. The van der Waals surface area contributed by atoms with E-state index in [1.807, 2.05) is 79.8 Å². The highest BCUT2D eigenvalue weighted by molar-refractivity contribution is 5.88. The predicted molar refractivity (Wildman–Crippen MR) is 103 cm³/mol. The molecule has 0 saturated carbocycles. The van der Waals surface area contributed by atoms with Gasteiger partial charge in [0.15, 0.2) is 6.10 Å². The molecule has 0 aliphatic carbocycles. The van der Waals surface area contributed by atoms with Gasteiger partial charge in [-0.3, -0.25) is 4.48 Å². The predicted octanol–water partition coefficient (Wildman–Crippen LogP) is 4.08. The zero-order valence-corrected chi connectivity index (χ0v) is 14.7. The van der Waals surface area contributed by atoms with Crippen LogP contribution < -0.4 is 9.22 Å². The Morgan fingerprint density at radius 3 is 2.46 bits per heavy atom. The molecule has 0 amide bonds. The molecule has 1 saturated heterocycles. The van der Waals surface area contributed by atoms with Gasteiger partial charge in [0, 0.05) is 11.8 Å². The van der Waals surface area contributed by atoms with Gasteiger partial charge in [-0.2, -0.15) is 0 Å². The van der Waals surface area contributed by atoms with Gasteiger partial charge in [0.1, 0.15) is 11.4 Å². The third-order valence-electron chi connectivity index (χ3n) is 5.47.